The van der Waals surface area contributed by atoms with Crippen molar-refractivity contribution in [3.8, 4) is 0 Å². The molecule has 1 amide bonds. The van der Waals surface area contributed by atoms with E-state index in [-0.39, 0.29) is 17.9 Å². The fourth-order valence-electron chi connectivity index (χ4n) is 2.59. The van der Waals surface area contributed by atoms with Gasteiger partial charge in [0.1, 0.15) is 11.6 Å². The maximum Gasteiger partial charge on any atom is 0.290 e. The van der Waals surface area contributed by atoms with Crippen molar-refractivity contribution in [3.05, 3.63) is 88.3 Å². The van der Waals surface area contributed by atoms with Gasteiger partial charge in [-0.15, -0.1) is 0 Å². The SMILES string of the molecule is Cc1ccc(F)c(CNC(=O)c2cc(CCc3ccccc3)no2)c1F. The molecular formula is C20H18F2N2O2. The lowest BCUT2D eigenvalue weighted by Gasteiger charge is -2.07. The molecule has 0 aliphatic heterocycles. The lowest BCUT2D eigenvalue weighted by Crippen LogP contribution is -2.23. The maximum atomic E-state index is 14.0. The van der Waals surface area contributed by atoms with Crippen LogP contribution in [0.1, 0.15) is 32.9 Å². The zero-order valence-electron chi connectivity index (χ0n) is 14.3. The van der Waals surface area contributed by atoms with Gasteiger partial charge in [-0.3, -0.25) is 4.79 Å². The highest BCUT2D eigenvalue weighted by Crippen LogP contribution is 2.16. The third-order valence-corrected chi connectivity index (χ3v) is 4.10. The fraction of sp³-hybridized carbons (Fsp3) is 0.200. The first-order chi connectivity index (χ1) is 12.5. The van der Waals surface area contributed by atoms with E-state index in [1.807, 2.05) is 30.3 Å². The first kappa shape index (κ1) is 17.8. The predicted molar refractivity (Wildman–Crippen MR) is 92.6 cm³/mol. The van der Waals surface area contributed by atoms with E-state index in [0.717, 1.165) is 12.0 Å². The number of carbonyl (C=O) groups is 1. The highest BCUT2D eigenvalue weighted by molar-refractivity contribution is 5.91. The molecule has 1 heterocycles. The molecule has 2 aromatic carbocycles. The van der Waals surface area contributed by atoms with Gasteiger partial charge in [-0.05, 0) is 37.0 Å². The number of hydrogen-bond donors (Lipinski definition) is 1. The highest BCUT2D eigenvalue weighted by Gasteiger charge is 2.16. The molecule has 0 atom stereocenters. The Kier molecular flexibility index (Phi) is 5.41. The molecule has 1 N–H and O–H groups in total. The number of aromatic nitrogens is 1. The average molecular weight is 356 g/mol. The standard InChI is InChI=1S/C20H18F2N2O2/c1-13-7-10-17(21)16(19(13)22)12-23-20(25)18-11-15(24-26-18)9-8-14-5-3-2-4-6-14/h2-7,10-11H,8-9,12H2,1H3,(H,23,25). The number of carbonyl (C=O) groups excluding carboxylic acids is 1. The third-order valence-electron chi connectivity index (χ3n) is 4.10. The number of benzene rings is 2. The summed E-state index contributed by atoms with van der Waals surface area (Å²) in [6, 6.07) is 14.0. The first-order valence-corrected chi connectivity index (χ1v) is 8.26. The van der Waals surface area contributed by atoms with Gasteiger partial charge in [0.15, 0.2) is 0 Å². The molecular weight excluding hydrogens is 338 g/mol. The summed E-state index contributed by atoms with van der Waals surface area (Å²) in [7, 11) is 0. The van der Waals surface area contributed by atoms with Gasteiger partial charge >= 0.3 is 0 Å². The Morgan fingerprint density at radius 2 is 1.88 bits per heavy atom. The maximum absolute atomic E-state index is 14.0. The van der Waals surface area contributed by atoms with Crippen LogP contribution in [0.15, 0.2) is 53.1 Å². The van der Waals surface area contributed by atoms with Crippen molar-refractivity contribution >= 4 is 5.91 Å². The van der Waals surface area contributed by atoms with E-state index in [9.17, 15) is 13.6 Å². The van der Waals surface area contributed by atoms with Crippen LogP contribution in [-0.2, 0) is 19.4 Å². The van der Waals surface area contributed by atoms with Gasteiger partial charge in [0.2, 0.25) is 5.76 Å². The smallest absolute Gasteiger partial charge is 0.290 e. The number of aryl methyl sites for hydroxylation is 3. The van der Waals surface area contributed by atoms with Gasteiger partial charge in [0.05, 0.1) is 5.69 Å². The zero-order valence-corrected chi connectivity index (χ0v) is 14.3. The van der Waals surface area contributed by atoms with Gasteiger partial charge in [0.25, 0.3) is 5.91 Å². The normalized spacial score (nSPS) is 10.7. The van der Waals surface area contributed by atoms with Gasteiger partial charge in [0, 0.05) is 18.2 Å². The molecule has 0 fully saturated rings. The molecule has 0 aliphatic carbocycles. The Balaban J connectivity index is 1.59. The van der Waals surface area contributed by atoms with E-state index in [0.29, 0.717) is 17.7 Å². The van der Waals surface area contributed by atoms with Crippen LogP contribution in [0.25, 0.3) is 0 Å². The molecule has 4 nitrogen and oxygen atoms in total. The second kappa shape index (κ2) is 7.91. The minimum Gasteiger partial charge on any atom is -0.351 e. The Labute approximate surface area is 149 Å². The largest absolute Gasteiger partial charge is 0.351 e. The molecule has 0 unspecified atom stereocenters. The van der Waals surface area contributed by atoms with Crippen LogP contribution in [0.2, 0.25) is 0 Å². The van der Waals surface area contributed by atoms with E-state index in [1.165, 1.54) is 19.1 Å². The molecule has 0 bridgehead atoms. The number of hydrogen-bond acceptors (Lipinski definition) is 3. The summed E-state index contributed by atoms with van der Waals surface area (Å²) in [6.07, 6.45) is 1.40. The van der Waals surface area contributed by atoms with Crippen LogP contribution in [-0.4, -0.2) is 11.1 Å². The minimum absolute atomic E-state index is 0.0153. The third kappa shape index (κ3) is 4.14. The van der Waals surface area contributed by atoms with Crippen molar-refractivity contribution in [2.45, 2.75) is 26.3 Å². The second-order valence-electron chi connectivity index (χ2n) is 6.01. The average Bonchev–Trinajstić information content (AvgIpc) is 3.13. The predicted octanol–water partition coefficient (Wildman–Crippen LogP) is 3.98. The van der Waals surface area contributed by atoms with Gasteiger partial charge in [-0.1, -0.05) is 41.6 Å². The van der Waals surface area contributed by atoms with E-state index in [2.05, 4.69) is 10.5 Å². The van der Waals surface area contributed by atoms with E-state index in [1.54, 1.807) is 6.07 Å². The summed E-state index contributed by atoms with van der Waals surface area (Å²) in [5.41, 5.74) is 1.94. The number of nitrogens with one attached hydrogen (secondary N) is 1. The Hall–Kier alpha value is -3.02. The monoisotopic (exact) mass is 356 g/mol. The van der Waals surface area contributed by atoms with E-state index >= 15 is 0 Å². The van der Waals surface area contributed by atoms with Crippen LogP contribution in [0.4, 0.5) is 8.78 Å². The van der Waals surface area contributed by atoms with Crippen LogP contribution >= 0.6 is 0 Å². The lowest BCUT2D eigenvalue weighted by atomic mass is 10.1. The summed E-state index contributed by atoms with van der Waals surface area (Å²) >= 11 is 0. The zero-order chi connectivity index (χ0) is 18.5. The molecule has 0 saturated heterocycles. The van der Waals surface area contributed by atoms with Crippen molar-refractivity contribution in [1.82, 2.24) is 10.5 Å². The first-order valence-electron chi connectivity index (χ1n) is 8.26. The van der Waals surface area contributed by atoms with E-state index in [4.69, 9.17) is 4.52 Å². The molecule has 0 radical (unpaired) electrons. The Bertz CT molecular complexity index is 907. The minimum atomic E-state index is -0.700. The Morgan fingerprint density at radius 3 is 2.65 bits per heavy atom. The van der Waals surface area contributed by atoms with Gasteiger partial charge in [-0.25, -0.2) is 8.78 Å². The van der Waals surface area contributed by atoms with Gasteiger partial charge < -0.3 is 9.84 Å². The van der Waals surface area contributed by atoms with Crippen molar-refractivity contribution in [2.24, 2.45) is 0 Å². The molecule has 26 heavy (non-hydrogen) atoms. The van der Waals surface area contributed by atoms with Crippen molar-refractivity contribution in [3.63, 3.8) is 0 Å². The fourth-order valence-corrected chi connectivity index (χ4v) is 2.59. The van der Waals surface area contributed by atoms with Gasteiger partial charge in [-0.2, -0.15) is 0 Å². The molecule has 0 spiro atoms. The van der Waals surface area contributed by atoms with Crippen LogP contribution in [0.3, 0.4) is 0 Å². The summed E-state index contributed by atoms with van der Waals surface area (Å²) in [6.45, 7) is 1.27. The molecule has 3 aromatic rings. The van der Waals surface area contributed by atoms with Crippen LogP contribution < -0.4 is 5.32 Å². The van der Waals surface area contributed by atoms with Crippen LogP contribution in [0.5, 0.6) is 0 Å². The van der Waals surface area contributed by atoms with Crippen molar-refractivity contribution < 1.29 is 18.1 Å². The number of nitrogens with zero attached hydrogens (tertiary/aromatic N) is 1. The molecule has 0 aliphatic rings. The molecule has 0 saturated carbocycles. The van der Waals surface area contributed by atoms with E-state index < -0.39 is 17.5 Å². The molecule has 6 heteroatoms. The number of amides is 1. The second-order valence-corrected chi connectivity index (χ2v) is 6.01. The topological polar surface area (TPSA) is 55.1 Å². The number of rotatable bonds is 6. The van der Waals surface area contributed by atoms with Crippen LogP contribution in [0, 0.1) is 18.6 Å². The van der Waals surface area contributed by atoms with Crippen molar-refractivity contribution in [2.75, 3.05) is 0 Å². The molecule has 1 aromatic heterocycles. The summed E-state index contributed by atoms with van der Waals surface area (Å²) in [4.78, 5) is 12.1. The quantitative estimate of drug-likeness (QED) is 0.727. The Morgan fingerprint density at radius 1 is 1.12 bits per heavy atom. The highest BCUT2D eigenvalue weighted by atomic mass is 19.1. The van der Waals surface area contributed by atoms with Crippen molar-refractivity contribution in [1.29, 1.82) is 0 Å². The number of halogens is 2. The lowest BCUT2D eigenvalue weighted by molar-refractivity contribution is 0.0913. The summed E-state index contributed by atoms with van der Waals surface area (Å²) in [5.74, 6) is -1.91. The molecule has 3 rings (SSSR count). The molecule has 134 valence electrons. The summed E-state index contributed by atoms with van der Waals surface area (Å²) in [5, 5.41) is 6.33. The summed E-state index contributed by atoms with van der Waals surface area (Å²) < 4.78 is 32.7.